The standard InChI is InChI=1S/C15H25NO/c1-14(2)11-7-8-15(3,9-11)13(14)16-12(17)10-5-4-6-10/h10-11,13H,4-9H2,1-3H3,(H,16,17)/t11-,13-,15+/m0/s1. The lowest BCUT2D eigenvalue weighted by atomic mass is 9.68. The number of hydrogen-bond acceptors (Lipinski definition) is 1. The van der Waals surface area contributed by atoms with Crippen LogP contribution in [-0.2, 0) is 4.79 Å². The van der Waals surface area contributed by atoms with Crippen LogP contribution in [0.2, 0.25) is 0 Å². The van der Waals surface area contributed by atoms with E-state index in [1.807, 2.05) is 0 Å². The number of rotatable bonds is 2. The molecule has 0 spiro atoms. The van der Waals surface area contributed by atoms with Crippen molar-refractivity contribution in [2.24, 2.45) is 22.7 Å². The molecule has 0 aromatic carbocycles. The summed E-state index contributed by atoms with van der Waals surface area (Å²) < 4.78 is 0. The van der Waals surface area contributed by atoms with E-state index >= 15 is 0 Å². The molecule has 3 atom stereocenters. The van der Waals surface area contributed by atoms with Crippen LogP contribution in [0.4, 0.5) is 0 Å². The second kappa shape index (κ2) is 3.49. The van der Waals surface area contributed by atoms with Gasteiger partial charge in [0.05, 0.1) is 0 Å². The van der Waals surface area contributed by atoms with E-state index in [1.165, 1.54) is 25.7 Å². The molecule has 0 heterocycles. The first kappa shape index (κ1) is 11.6. The molecule has 1 N–H and O–H groups in total. The highest BCUT2D eigenvalue weighted by Crippen LogP contribution is 2.62. The van der Waals surface area contributed by atoms with Crippen molar-refractivity contribution in [1.82, 2.24) is 5.32 Å². The SMILES string of the molecule is CC1(C)[C@H]2CC[C@](C)(C2)[C@H]1NC(=O)C1CCC1. The van der Waals surface area contributed by atoms with E-state index < -0.39 is 0 Å². The Morgan fingerprint density at radius 2 is 1.88 bits per heavy atom. The molecule has 2 heteroatoms. The molecule has 0 unspecified atom stereocenters. The Kier molecular flexibility index (Phi) is 2.37. The predicted molar refractivity (Wildman–Crippen MR) is 68.5 cm³/mol. The third-order valence-electron chi connectivity index (χ3n) is 6.03. The Bertz CT molecular complexity index is 340. The normalized spacial score (nSPS) is 43.5. The Labute approximate surface area is 105 Å². The molecular formula is C15H25NO. The minimum atomic E-state index is 0.298. The van der Waals surface area contributed by atoms with Crippen molar-refractivity contribution < 1.29 is 4.79 Å². The lowest BCUT2D eigenvalue weighted by molar-refractivity contribution is -0.130. The smallest absolute Gasteiger partial charge is 0.223 e. The van der Waals surface area contributed by atoms with Crippen LogP contribution < -0.4 is 5.32 Å². The van der Waals surface area contributed by atoms with Crippen LogP contribution in [0, 0.1) is 22.7 Å². The Hall–Kier alpha value is -0.530. The van der Waals surface area contributed by atoms with Gasteiger partial charge in [-0.05, 0) is 48.9 Å². The summed E-state index contributed by atoms with van der Waals surface area (Å²) in [5.41, 5.74) is 0.667. The lowest BCUT2D eigenvalue weighted by Crippen LogP contribution is -2.54. The van der Waals surface area contributed by atoms with Crippen molar-refractivity contribution in [3.05, 3.63) is 0 Å². The molecule has 0 aromatic rings. The first-order chi connectivity index (χ1) is 7.93. The molecule has 0 saturated heterocycles. The summed E-state index contributed by atoms with van der Waals surface area (Å²) in [6.07, 6.45) is 7.44. The number of fused-ring (bicyclic) bond motifs is 2. The van der Waals surface area contributed by atoms with E-state index in [-0.39, 0.29) is 0 Å². The van der Waals surface area contributed by atoms with Crippen LogP contribution in [0.15, 0.2) is 0 Å². The van der Waals surface area contributed by atoms with Gasteiger partial charge < -0.3 is 5.32 Å². The molecule has 3 fully saturated rings. The van der Waals surface area contributed by atoms with Crippen molar-refractivity contribution in [1.29, 1.82) is 0 Å². The molecule has 3 aliphatic carbocycles. The van der Waals surface area contributed by atoms with Gasteiger partial charge in [-0.2, -0.15) is 0 Å². The quantitative estimate of drug-likeness (QED) is 0.783. The van der Waals surface area contributed by atoms with E-state index in [2.05, 4.69) is 26.1 Å². The van der Waals surface area contributed by atoms with Crippen molar-refractivity contribution in [2.75, 3.05) is 0 Å². The maximum absolute atomic E-state index is 12.2. The number of carbonyl (C=O) groups excluding carboxylic acids is 1. The average Bonchev–Trinajstić information content (AvgIpc) is 2.61. The molecule has 3 rings (SSSR count). The highest BCUT2D eigenvalue weighted by molar-refractivity contribution is 5.80. The van der Waals surface area contributed by atoms with Crippen molar-refractivity contribution in [2.45, 2.75) is 65.3 Å². The van der Waals surface area contributed by atoms with E-state index in [1.54, 1.807) is 0 Å². The second-order valence-electron chi connectivity index (χ2n) is 7.48. The topological polar surface area (TPSA) is 29.1 Å². The Morgan fingerprint density at radius 3 is 2.35 bits per heavy atom. The summed E-state index contributed by atoms with van der Waals surface area (Å²) in [5.74, 6) is 1.48. The van der Waals surface area contributed by atoms with E-state index in [9.17, 15) is 4.79 Å². The zero-order valence-corrected chi connectivity index (χ0v) is 11.4. The summed E-state index contributed by atoms with van der Waals surface area (Å²) in [5, 5.41) is 3.40. The van der Waals surface area contributed by atoms with Gasteiger partial charge in [-0.15, -0.1) is 0 Å². The molecule has 3 saturated carbocycles. The molecule has 1 amide bonds. The summed E-state index contributed by atoms with van der Waals surface area (Å²) in [7, 11) is 0. The highest BCUT2D eigenvalue weighted by atomic mass is 16.2. The summed E-state index contributed by atoms with van der Waals surface area (Å²) in [6.45, 7) is 7.09. The van der Waals surface area contributed by atoms with E-state index in [0.717, 1.165) is 18.8 Å². The zero-order chi connectivity index (χ0) is 12.3. The number of nitrogens with one attached hydrogen (secondary N) is 1. The maximum atomic E-state index is 12.2. The van der Waals surface area contributed by atoms with Gasteiger partial charge in [-0.1, -0.05) is 27.2 Å². The van der Waals surface area contributed by atoms with Crippen LogP contribution in [-0.4, -0.2) is 11.9 Å². The predicted octanol–water partition coefficient (Wildman–Crippen LogP) is 3.12. The van der Waals surface area contributed by atoms with Gasteiger partial charge in [0.15, 0.2) is 0 Å². The largest absolute Gasteiger partial charge is 0.352 e. The van der Waals surface area contributed by atoms with Gasteiger partial charge >= 0.3 is 0 Å². The Morgan fingerprint density at radius 1 is 1.18 bits per heavy atom. The van der Waals surface area contributed by atoms with Crippen LogP contribution in [0.1, 0.15) is 59.3 Å². The van der Waals surface area contributed by atoms with Gasteiger partial charge in [0.2, 0.25) is 5.91 Å². The zero-order valence-electron chi connectivity index (χ0n) is 11.4. The number of carbonyl (C=O) groups is 1. The molecule has 2 nitrogen and oxygen atoms in total. The van der Waals surface area contributed by atoms with Crippen molar-refractivity contribution >= 4 is 5.91 Å². The maximum Gasteiger partial charge on any atom is 0.223 e. The summed E-state index contributed by atoms with van der Waals surface area (Å²) in [6, 6.07) is 0.404. The summed E-state index contributed by atoms with van der Waals surface area (Å²) >= 11 is 0. The molecule has 17 heavy (non-hydrogen) atoms. The minimum absolute atomic E-state index is 0.298. The van der Waals surface area contributed by atoms with Crippen LogP contribution in [0.3, 0.4) is 0 Å². The molecular weight excluding hydrogens is 210 g/mol. The van der Waals surface area contributed by atoms with E-state index in [0.29, 0.717) is 28.7 Å². The van der Waals surface area contributed by atoms with E-state index in [4.69, 9.17) is 0 Å². The number of hydrogen-bond donors (Lipinski definition) is 1. The monoisotopic (exact) mass is 235 g/mol. The van der Waals surface area contributed by atoms with Crippen LogP contribution in [0.25, 0.3) is 0 Å². The molecule has 0 aromatic heterocycles. The second-order valence-corrected chi connectivity index (χ2v) is 7.48. The van der Waals surface area contributed by atoms with Crippen molar-refractivity contribution in [3.8, 4) is 0 Å². The fourth-order valence-electron chi connectivity index (χ4n) is 4.59. The minimum Gasteiger partial charge on any atom is -0.352 e. The van der Waals surface area contributed by atoms with Gasteiger partial charge in [-0.3, -0.25) is 4.79 Å². The lowest BCUT2D eigenvalue weighted by Gasteiger charge is -2.44. The average molecular weight is 235 g/mol. The molecule has 0 radical (unpaired) electrons. The van der Waals surface area contributed by atoms with Gasteiger partial charge in [-0.25, -0.2) is 0 Å². The molecule has 96 valence electrons. The van der Waals surface area contributed by atoms with Gasteiger partial charge in [0, 0.05) is 12.0 Å². The first-order valence-electron chi connectivity index (χ1n) is 7.24. The molecule has 3 aliphatic rings. The van der Waals surface area contributed by atoms with Crippen LogP contribution >= 0.6 is 0 Å². The molecule has 2 bridgehead atoms. The molecule has 0 aliphatic heterocycles. The third-order valence-corrected chi connectivity index (χ3v) is 6.03. The van der Waals surface area contributed by atoms with Gasteiger partial charge in [0.25, 0.3) is 0 Å². The van der Waals surface area contributed by atoms with Crippen molar-refractivity contribution in [3.63, 3.8) is 0 Å². The third kappa shape index (κ3) is 1.56. The van der Waals surface area contributed by atoms with Gasteiger partial charge in [0.1, 0.15) is 0 Å². The fourth-order valence-corrected chi connectivity index (χ4v) is 4.59. The first-order valence-corrected chi connectivity index (χ1v) is 7.24. The fraction of sp³-hybridized carbons (Fsp3) is 0.933. The number of amides is 1. The van der Waals surface area contributed by atoms with Crippen LogP contribution in [0.5, 0.6) is 0 Å². The Balaban J connectivity index is 1.75. The highest BCUT2D eigenvalue weighted by Gasteiger charge is 2.59. The summed E-state index contributed by atoms with van der Waals surface area (Å²) in [4.78, 5) is 12.2.